The number of nitrogens with zero attached hydrogens (tertiary/aromatic N) is 2. The average Bonchev–Trinajstić information content (AvgIpc) is 2.85. The van der Waals surface area contributed by atoms with Crippen molar-refractivity contribution in [3.8, 4) is 11.5 Å². The van der Waals surface area contributed by atoms with E-state index in [1.165, 1.54) is 6.08 Å². The zero-order valence-corrected chi connectivity index (χ0v) is 20.8. The van der Waals surface area contributed by atoms with Gasteiger partial charge >= 0.3 is 0 Å². The lowest BCUT2D eigenvalue weighted by Gasteiger charge is -2.09. The van der Waals surface area contributed by atoms with E-state index in [-0.39, 0.29) is 11.7 Å². The van der Waals surface area contributed by atoms with E-state index in [4.69, 9.17) is 33.7 Å². The summed E-state index contributed by atoms with van der Waals surface area (Å²) in [4.78, 5) is 21.1. The van der Waals surface area contributed by atoms with Gasteiger partial charge in [-0.25, -0.2) is 4.99 Å². The highest BCUT2D eigenvalue weighted by molar-refractivity contribution is 6.32. The van der Waals surface area contributed by atoms with Crippen LogP contribution in [-0.2, 0) is 4.79 Å². The van der Waals surface area contributed by atoms with Crippen LogP contribution in [0.25, 0.3) is 6.08 Å². The standard InChI is InChI=1S/C28H22Cl2N4O2/c1-18-26(7-4-14-32-18)36-24-11-8-20(9-12-24)28(31)34-23-16-21(29)15-22(17-23)33-27(35)13-10-19-5-2-3-6-25(19)30/h2-17H,1H3,(H2,31,34)(H,33,35). The Balaban J connectivity index is 1.46. The zero-order chi connectivity index (χ0) is 25.5. The Hall–Kier alpha value is -4.13. The number of amidine groups is 1. The SMILES string of the molecule is Cc1ncccc1Oc1ccc(C(N)=Nc2cc(Cl)cc(NC(=O)C=Cc3ccccc3Cl)c2)cc1. The number of nitrogens with one attached hydrogen (secondary N) is 1. The number of nitrogens with two attached hydrogens (primary N) is 1. The average molecular weight is 517 g/mol. The Bertz CT molecular complexity index is 1450. The van der Waals surface area contributed by atoms with E-state index in [1.807, 2.05) is 49.4 Å². The molecule has 1 aromatic heterocycles. The molecule has 4 aromatic rings. The van der Waals surface area contributed by atoms with Crippen molar-refractivity contribution in [1.82, 2.24) is 4.98 Å². The monoisotopic (exact) mass is 516 g/mol. The Morgan fingerprint density at radius 3 is 2.56 bits per heavy atom. The van der Waals surface area contributed by atoms with Crippen molar-refractivity contribution < 1.29 is 9.53 Å². The van der Waals surface area contributed by atoms with E-state index in [1.54, 1.807) is 48.7 Å². The maximum atomic E-state index is 12.4. The van der Waals surface area contributed by atoms with Gasteiger partial charge < -0.3 is 15.8 Å². The highest BCUT2D eigenvalue weighted by Crippen LogP contribution is 2.27. The van der Waals surface area contributed by atoms with Crippen molar-refractivity contribution >= 4 is 52.4 Å². The zero-order valence-electron chi connectivity index (χ0n) is 19.3. The molecule has 4 rings (SSSR count). The number of ether oxygens (including phenoxy) is 1. The molecule has 0 spiro atoms. The third kappa shape index (κ3) is 6.72. The van der Waals surface area contributed by atoms with Crippen molar-refractivity contribution in [3.63, 3.8) is 0 Å². The molecule has 180 valence electrons. The number of hydrogen-bond donors (Lipinski definition) is 2. The summed E-state index contributed by atoms with van der Waals surface area (Å²) in [6.45, 7) is 1.88. The fourth-order valence-electron chi connectivity index (χ4n) is 3.27. The largest absolute Gasteiger partial charge is 0.455 e. The molecular weight excluding hydrogens is 495 g/mol. The Labute approximate surface area is 219 Å². The van der Waals surface area contributed by atoms with Crippen LogP contribution in [0.1, 0.15) is 16.8 Å². The molecule has 1 amide bonds. The summed E-state index contributed by atoms with van der Waals surface area (Å²) in [5.41, 5.74) is 9.45. The number of pyridine rings is 1. The fourth-order valence-corrected chi connectivity index (χ4v) is 3.70. The fraction of sp³-hybridized carbons (Fsp3) is 0.0357. The minimum atomic E-state index is -0.334. The first-order chi connectivity index (χ1) is 17.4. The van der Waals surface area contributed by atoms with Gasteiger partial charge in [-0.3, -0.25) is 9.78 Å². The molecule has 0 aliphatic carbocycles. The maximum absolute atomic E-state index is 12.4. The maximum Gasteiger partial charge on any atom is 0.248 e. The van der Waals surface area contributed by atoms with Gasteiger partial charge in [0.05, 0.1) is 11.4 Å². The van der Waals surface area contributed by atoms with Crippen LogP contribution in [0, 0.1) is 6.92 Å². The molecule has 0 saturated heterocycles. The minimum Gasteiger partial charge on any atom is -0.455 e. The molecule has 0 bridgehead atoms. The van der Waals surface area contributed by atoms with Gasteiger partial charge in [-0.1, -0.05) is 41.4 Å². The molecule has 3 aromatic carbocycles. The van der Waals surface area contributed by atoms with Gasteiger partial charge in [0.15, 0.2) is 0 Å². The molecular formula is C28H22Cl2N4O2. The Morgan fingerprint density at radius 2 is 1.81 bits per heavy atom. The lowest BCUT2D eigenvalue weighted by atomic mass is 10.2. The summed E-state index contributed by atoms with van der Waals surface area (Å²) in [6.07, 6.45) is 4.75. The van der Waals surface area contributed by atoms with Crippen molar-refractivity contribution in [2.24, 2.45) is 10.7 Å². The van der Waals surface area contributed by atoms with Crippen molar-refractivity contribution in [2.75, 3.05) is 5.32 Å². The minimum absolute atomic E-state index is 0.289. The Morgan fingerprint density at radius 1 is 1.03 bits per heavy atom. The molecule has 3 N–H and O–H groups in total. The van der Waals surface area contributed by atoms with Gasteiger partial charge in [-0.05, 0) is 79.2 Å². The molecule has 0 radical (unpaired) electrons. The summed E-state index contributed by atoms with van der Waals surface area (Å²) in [5, 5.41) is 3.74. The van der Waals surface area contributed by atoms with Crippen molar-refractivity contribution in [2.45, 2.75) is 6.92 Å². The van der Waals surface area contributed by atoms with Crippen molar-refractivity contribution in [3.05, 3.63) is 118 Å². The van der Waals surface area contributed by atoms with Crippen LogP contribution in [0.4, 0.5) is 11.4 Å². The second kappa shape index (κ2) is 11.5. The third-order valence-corrected chi connectivity index (χ3v) is 5.62. The molecule has 8 heteroatoms. The van der Waals surface area contributed by atoms with Gasteiger partial charge in [0, 0.05) is 33.6 Å². The van der Waals surface area contributed by atoms with E-state index in [2.05, 4.69) is 15.3 Å². The molecule has 0 saturated carbocycles. The highest BCUT2D eigenvalue weighted by Gasteiger charge is 2.06. The topological polar surface area (TPSA) is 89.6 Å². The van der Waals surface area contributed by atoms with Gasteiger partial charge in [0.2, 0.25) is 5.91 Å². The molecule has 6 nitrogen and oxygen atoms in total. The lowest BCUT2D eigenvalue weighted by molar-refractivity contribution is -0.111. The quantitative estimate of drug-likeness (QED) is 0.154. The van der Waals surface area contributed by atoms with Crippen LogP contribution in [0.2, 0.25) is 10.0 Å². The van der Waals surface area contributed by atoms with E-state index >= 15 is 0 Å². The lowest BCUT2D eigenvalue weighted by Crippen LogP contribution is -2.12. The number of amides is 1. The van der Waals surface area contributed by atoms with Gasteiger partial charge in [-0.15, -0.1) is 0 Å². The molecule has 1 heterocycles. The normalized spacial score (nSPS) is 11.5. The molecule has 36 heavy (non-hydrogen) atoms. The van der Waals surface area contributed by atoms with Gasteiger partial charge in [0.1, 0.15) is 17.3 Å². The smallest absolute Gasteiger partial charge is 0.248 e. The molecule has 0 atom stereocenters. The number of aromatic nitrogens is 1. The summed E-state index contributed by atoms with van der Waals surface area (Å²) >= 11 is 12.4. The molecule has 0 aliphatic rings. The van der Waals surface area contributed by atoms with Crippen molar-refractivity contribution in [1.29, 1.82) is 0 Å². The number of benzene rings is 3. The number of anilines is 1. The van der Waals surface area contributed by atoms with Crippen LogP contribution < -0.4 is 15.8 Å². The third-order valence-electron chi connectivity index (χ3n) is 5.06. The molecule has 0 fully saturated rings. The summed E-state index contributed by atoms with van der Waals surface area (Å²) in [6, 6.07) is 23.1. The van der Waals surface area contributed by atoms with E-state index in [0.717, 1.165) is 11.3 Å². The van der Waals surface area contributed by atoms with Crippen LogP contribution in [0.5, 0.6) is 11.5 Å². The highest BCUT2D eigenvalue weighted by atomic mass is 35.5. The van der Waals surface area contributed by atoms with Gasteiger partial charge in [0.25, 0.3) is 0 Å². The number of aliphatic imine (C=N–C) groups is 1. The predicted molar refractivity (Wildman–Crippen MR) is 146 cm³/mol. The molecule has 0 unspecified atom stereocenters. The van der Waals surface area contributed by atoms with Crippen LogP contribution in [-0.4, -0.2) is 16.7 Å². The second-order valence-corrected chi connectivity index (χ2v) is 8.60. The number of hydrogen-bond acceptors (Lipinski definition) is 4. The van der Waals surface area contributed by atoms with E-state index in [0.29, 0.717) is 38.5 Å². The van der Waals surface area contributed by atoms with Crippen LogP contribution >= 0.6 is 23.2 Å². The van der Waals surface area contributed by atoms with Crippen LogP contribution in [0.15, 0.2) is 96.1 Å². The number of aryl methyl sites for hydroxylation is 1. The van der Waals surface area contributed by atoms with Gasteiger partial charge in [-0.2, -0.15) is 0 Å². The first-order valence-corrected chi connectivity index (χ1v) is 11.7. The molecule has 0 aliphatic heterocycles. The van der Waals surface area contributed by atoms with Crippen LogP contribution in [0.3, 0.4) is 0 Å². The summed E-state index contributed by atoms with van der Waals surface area (Å²) in [5.74, 6) is 1.29. The number of halogens is 2. The van der Waals surface area contributed by atoms with E-state index in [9.17, 15) is 4.79 Å². The number of carbonyl (C=O) groups excluding carboxylic acids is 1. The summed E-state index contributed by atoms with van der Waals surface area (Å²) in [7, 11) is 0. The first kappa shape index (κ1) is 25.0. The first-order valence-electron chi connectivity index (χ1n) is 11.0. The predicted octanol–water partition coefficient (Wildman–Crippen LogP) is 7.18. The number of carbonyl (C=O) groups is 1. The second-order valence-electron chi connectivity index (χ2n) is 7.75. The summed E-state index contributed by atoms with van der Waals surface area (Å²) < 4.78 is 5.87. The number of rotatable bonds is 7. The van der Waals surface area contributed by atoms with E-state index < -0.39 is 0 Å². The Kier molecular flexibility index (Phi) is 8.00.